The van der Waals surface area contributed by atoms with Crippen LogP contribution in [0.4, 0.5) is 36.3 Å². The lowest BCUT2D eigenvalue weighted by Crippen LogP contribution is -2.28. The fourth-order valence-electron chi connectivity index (χ4n) is 3.14. The van der Waals surface area contributed by atoms with E-state index in [0.29, 0.717) is 24.0 Å². The largest absolute Gasteiger partial charge is 0.421 e. The van der Waals surface area contributed by atoms with Gasteiger partial charge in [0.25, 0.3) is 0 Å². The number of benzene rings is 1. The van der Waals surface area contributed by atoms with Gasteiger partial charge in [0.2, 0.25) is 11.9 Å². The molecule has 1 atom stereocenters. The number of aliphatic hydroxyl groups is 1. The summed E-state index contributed by atoms with van der Waals surface area (Å²) in [5.41, 5.74) is 1.03. The fourth-order valence-corrected chi connectivity index (χ4v) is 3.14. The highest BCUT2D eigenvalue weighted by atomic mass is 19.4. The molecule has 1 amide bonds. The second kappa shape index (κ2) is 8.24. The molecule has 156 valence electrons. The van der Waals surface area contributed by atoms with Gasteiger partial charge in [-0.1, -0.05) is 13.8 Å². The quantitative estimate of drug-likeness (QED) is 0.558. The maximum absolute atomic E-state index is 13.4. The number of aliphatic hydroxyl groups excluding tert-OH is 1. The Hall–Kier alpha value is -2.88. The molecule has 2 aromatic rings. The van der Waals surface area contributed by atoms with Crippen LogP contribution in [0.25, 0.3) is 0 Å². The molecule has 1 aliphatic heterocycles. The van der Waals surface area contributed by atoms with Crippen LogP contribution in [0.3, 0.4) is 0 Å². The van der Waals surface area contributed by atoms with Crippen molar-refractivity contribution in [3.63, 3.8) is 0 Å². The Labute approximate surface area is 165 Å². The molecule has 2 heterocycles. The maximum atomic E-state index is 13.4. The summed E-state index contributed by atoms with van der Waals surface area (Å²) in [7, 11) is 0. The van der Waals surface area contributed by atoms with Crippen molar-refractivity contribution in [2.45, 2.75) is 38.9 Å². The van der Waals surface area contributed by atoms with Crippen LogP contribution in [0.1, 0.15) is 31.4 Å². The van der Waals surface area contributed by atoms with Gasteiger partial charge >= 0.3 is 6.18 Å². The molecule has 1 unspecified atom stereocenters. The van der Waals surface area contributed by atoms with E-state index >= 15 is 0 Å². The van der Waals surface area contributed by atoms with Crippen LogP contribution >= 0.6 is 0 Å². The van der Waals surface area contributed by atoms with Crippen molar-refractivity contribution in [3.8, 4) is 0 Å². The Bertz CT molecular complexity index is 902. The monoisotopic (exact) mass is 409 g/mol. The summed E-state index contributed by atoms with van der Waals surface area (Å²) in [4.78, 5) is 19.2. The van der Waals surface area contributed by atoms with E-state index in [1.54, 1.807) is 18.2 Å². The lowest BCUT2D eigenvalue weighted by molar-refractivity contribution is -0.137. The number of hydrogen-bond donors (Lipinski definition) is 4. The summed E-state index contributed by atoms with van der Waals surface area (Å²) in [5, 5.41) is 17.8. The van der Waals surface area contributed by atoms with Gasteiger partial charge in [-0.2, -0.15) is 18.2 Å². The summed E-state index contributed by atoms with van der Waals surface area (Å²) >= 11 is 0. The minimum Gasteiger partial charge on any atom is -0.394 e. The summed E-state index contributed by atoms with van der Waals surface area (Å²) in [6.45, 7) is 3.50. The van der Waals surface area contributed by atoms with Crippen LogP contribution in [0.2, 0.25) is 0 Å². The van der Waals surface area contributed by atoms with E-state index < -0.39 is 23.6 Å². The number of alkyl halides is 3. The van der Waals surface area contributed by atoms with E-state index in [1.165, 1.54) is 0 Å². The number of fused-ring (bicyclic) bond motifs is 1. The molecule has 0 radical (unpaired) electrons. The van der Waals surface area contributed by atoms with Gasteiger partial charge in [-0.05, 0) is 36.1 Å². The molecule has 10 heteroatoms. The molecule has 1 aliphatic rings. The lowest BCUT2D eigenvalue weighted by atomic mass is 10.0. The number of amides is 1. The Morgan fingerprint density at radius 1 is 1.31 bits per heavy atom. The van der Waals surface area contributed by atoms with Crippen LogP contribution in [-0.4, -0.2) is 33.6 Å². The smallest absolute Gasteiger partial charge is 0.394 e. The van der Waals surface area contributed by atoms with Crippen molar-refractivity contribution in [2.75, 3.05) is 22.6 Å². The molecule has 4 N–H and O–H groups in total. The van der Waals surface area contributed by atoms with E-state index in [9.17, 15) is 23.1 Å². The van der Waals surface area contributed by atoms with Gasteiger partial charge in [-0.15, -0.1) is 0 Å². The number of anilines is 4. The Morgan fingerprint density at radius 2 is 2.07 bits per heavy atom. The zero-order valence-electron chi connectivity index (χ0n) is 16.0. The normalized spacial score (nSPS) is 14.5. The second-order valence-corrected chi connectivity index (χ2v) is 7.33. The predicted molar refractivity (Wildman–Crippen MR) is 103 cm³/mol. The highest BCUT2D eigenvalue weighted by Crippen LogP contribution is 2.35. The summed E-state index contributed by atoms with van der Waals surface area (Å²) in [5.74, 6) is -0.363. The van der Waals surface area contributed by atoms with E-state index in [4.69, 9.17) is 0 Å². The van der Waals surface area contributed by atoms with E-state index in [2.05, 4.69) is 25.9 Å². The molecule has 0 saturated carbocycles. The number of carbonyl (C=O) groups excluding carboxylic acids is 1. The van der Waals surface area contributed by atoms with E-state index in [0.717, 1.165) is 5.56 Å². The first-order chi connectivity index (χ1) is 13.7. The summed E-state index contributed by atoms with van der Waals surface area (Å²) in [6, 6.07) is 4.52. The van der Waals surface area contributed by atoms with Gasteiger partial charge < -0.3 is 21.1 Å². The average Bonchev–Trinajstić information content (AvgIpc) is 2.99. The van der Waals surface area contributed by atoms with Crippen LogP contribution in [0, 0.1) is 5.92 Å². The Balaban J connectivity index is 1.87. The number of nitrogens with one attached hydrogen (secondary N) is 3. The van der Waals surface area contributed by atoms with Crippen molar-refractivity contribution in [1.29, 1.82) is 0 Å². The van der Waals surface area contributed by atoms with Crippen molar-refractivity contribution in [2.24, 2.45) is 5.92 Å². The number of hydrogen-bond acceptors (Lipinski definition) is 6. The summed E-state index contributed by atoms with van der Waals surface area (Å²) < 4.78 is 40.1. The van der Waals surface area contributed by atoms with Crippen molar-refractivity contribution in [1.82, 2.24) is 9.97 Å². The maximum Gasteiger partial charge on any atom is 0.421 e. The van der Waals surface area contributed by atoms with E-state index in [1.807, 2.05) is 13.8 Å². The molecule has 0 aliphatic carbocycles. The molecule has 0 bridgehead atoms. The zero-order chi connectivity index (χ0) is 21.2. The first-order valence-electron chi connectivity index (χ1n) is 9.17. The zero-order valence-corrected chi connectivity index (χ0v) is 16.0. The fraction of sp³-hybridized carbons (Fsp3) is 0.421. The first kappa shape index (κ1) is 20.8. The van der Waals surface area contributed by atoms with Crippen molar-refractivity contribution < 1.29 is 23.1 Å². The number of nitrogens with zero attached hydrogens (tertiary/aromatic N) is 2. The third-order valence-corrected chi connectivity index (χ3v) is 4.40. The van der Waals surface area contributed by atoms with Crippen molar-refractivity contribution >= 4 is 29.0 Å². The molecule has 3 rings (SSSR count). The van der Waals surface area contributed by atoms with Gasteiger partial charge in [0.15, 0.2) is 0 Å². The molecule has 0 spiro atoms. The number of aromatic nitrogens is 2. The minimum atomic E-state index is -4.64. The van der Waals surface area contributed by atoms with Crippen LogP contribution in [0.5, 0.6) is 0 Å². The standard InChI is InChI=1S/C19H22F3N5O2/c1-10(2)5-13(9-28)24-17-14(19(20,21)22)8-23-18(27-17)25-12-3-4-15-11(6-12)7-16(29)26-15/h3-4,6,8,10,13,28H,5,7,9H2,1-2H3,(H,26,29)(H2,23,24,25,27). The molecule has 29 heavy (non-hydrogen) atoms. The third-order valence-electron chi connectivity index (χ3n) is 4.40. The summed E-state index contributed by atoms with van der Waals surface area (Å²) in [6.07, 6.45) is -3.22. The van der Waals surface area contributed by atoms with Gasteiger partial charge in [-0.3, -0.25) is 4.79 Å². The topological polar surface area (TPSA) is 99.2 Å². The number of rotatable bonds is 7. The third kappa shape index (κ3) is 5.14. The molecular weight excluding hydrogens is 387 g/mol. The first-order valence-corrected chi connectivity index (χ1v) is 9.17. The molecular formula is C19H22F3N5O2. The Kier molecular flexibility index (Phi) is 5.92. The van der Waals surface area contributed by atoms with E-state index in [-0.39, 0.29) is 30.8 Å². The molecule has 0 saturated heterocycles. The van der Waals surface area contributed by atoms with Crippen LogP contribution < -0.4 is 16.0 Å². The van der Waals surface area contributed by atoms with Crippen LogP contribution in [0.15, 0.2) is 24.4 Å². The molecule has 7 nitrogen and oxygen atoms in total. The van der Waals surface area contributed by atoms with Gasteiger partial charge in [0.05, 0.1) is 19.1 Å². The van der Waals surface area contributed by atoms with Gasteiger partial charge in [0, 0.05) is 17.6 Å². The average molecular weight is 409 g/mol. The number of halogens is 3. The van der Waals surface area contributed by atoms with Crippen LogP contribution in [-0.2, 0) is 17.4 Å². The molecule has 1 aromatic heterocycles. The lowest BCUT2D eigenvalue weighted by Gasteiger charge is -2.21. The van der Waals surface area contributed by atoms with Crippen molar-refractivity contribution in [3.05, 3.63) is 35.5 Å². The SMILES string of the molecule is CC(C)CC(CO)Nc1nc(Nc2ccc3c(c2)CC(=O)N3)ncc1C(F)(F)F. The van der Waals surface area contributed by atoms with Gasteiger partial charge in [0.1, 0.15) is 11.4 Å². The molecule has 1 aromatic carbocycles. The number of carbonyl (C=O) groups is 1. The Morgan fingerprint density at radius 3 is 2.72 bits per heavy atom. The second-order valence-electron chi connectivity index (χ2n) is 7.33. The minimum absolute atomic E-state index is 0.0287. The highest BCUT2D eigenvalue weighted by molar-refractivity contribution is 5.99. The predicted octanol–water partition coefficient (Wildman–Crippen LogP) is 3.55. The highest BCUT2D eigenvalue weighted by Gasteiger charge is 2.36. The van der Waals surface area contributed by atoms with Gasteiger partial charge in [-0.25, -0.2) is 4.98 Å². The molecule has 0 fully saturated rings.